The molecule has 0 saturated heterocycles. The number of hydrogen-bond acceptors (Lipinski definition) is 4. The van der Waals surface area contributed by atoms with E-state index in [1.165, 1.54) is 19.1 Å². The number of rotatable bonds is 4. The fourth-order valence-electron chi connectivity index (χ4n) is 1.73. The van der Waals surface area contributed by atoms with Crippen molar-refractivity contribution < 1.29 is 16.8 Å². The summed E-state index contributed by atoms with van der Waals surface area (Å²) in [5.41, 5.74) is 0.671. The number of hydrogen-bond donors (Lipinski definition) is 0. The Balaban J connectivity index is 3.84. The molecule has 0 radical (unpaired) electrons. The Morgan fingerprint density at radius 1 is 0.944 bits per heavy atom. The van der Waals surface area contributed by atoms with Crippen LogP contribution in [0.2, 0.25) is 0 Å². The van der Waals surface area contributed by atoms with Gasteiger partial charge in [-0.05, 0) is 31.0 Å². The van der Waals surface area contributed by atoms with E-state index in [1.54, 1.807) is 6.92 Å². The first-order valence-electron chi connectivity index (χ1n) is 5.02. The fourth-order valence-corrected chi connectivity index (χ4v) is 3.98. The molecule has 1 aromatic rings. The molecule has 0 aromatic heterocycles. The lowest BCUT2D eigenvalue weighted by atomic mass is 10.1. The van der Waals surface area contributed by atoms with Crippen molar-refractivity contribution in [2.75, 3.05) is 0 Å². The second-order valence-electron chi connectivity index (χ2n) is 3.76. The first kappa shape index (κ1) is 14.7. The molecule has 98 valence electrons. The molecule has 0 amide bonds. The summed E-state index contributed by atoms with van der Waals surface area (Å²) in [5, 5.41) is 1.61. The smallest absolute Gasteiger partial charge is 0.199 e. The van der Waals surface area contributed by atoms with E-state index in [2.05, 4.69) is 13.2 Å². The second-order valence-corrected chi connectivity index (χ2v) is 7.45. The topological polar surface area (TPSA) is 68.3 Å². The molecule has 0 aliphatic carbocycles. The number of benzene rings is 1. The van der Waals surface area contributed by atoms with Crippen molar-refractivity contribution in [3.63, 3.8) is 0 Å². The summed E-state index contributed by atoms with van der Waals surface area (Å²) >= 11 is 0. The molecule has 0 saturated carbocycles. The average Bonchev–Trinajstić information content (AvgIpc) is 2.28. The van der Waals surface area contributed by atoms with Crippen LogP contribution in [0.25, 0.3) is 0 Å². The molecule has 4 nitrogen and oxygen atoms in total. The van der Waals surface area contributed by atoms with E-state index in [-0.39, 0.29) is 15.4 Å². The molecule has 0 unspecified atom stereocenters. The lowest BCUT2D eigenvalue weighted by molar-refractivity contribution is 0.601. The minimum Gasteiger partial charge on any atom is -0.219 e. The van der Waals surface area contributed by atoms with Gasteiger partial charge in [0.05, 0.1) is 9.79 Å². The van der Waals surface area contributed by atoms with Crippen LogP contribution in [-0.4, -0.2) is 16.8 Å². The van der Waals surface area contributed by atoms with Gasteiger partial charge in [-0.1, -0.05) is 19.2 Å². The summed E-state index contributed by atoms with van der Waals surface area (Å²) in [6, 6.07) is 2.84. The van der Waals surface area contributed by atoms with Crippen molar-refractivity contribution in [3.05, 3.63) is 47.2 Å². The highest BCUT2D eigenvalue weighted by molar-refractivity contribution is 7.95. The quantitative estimate of drug-likeness (QED) is 0.850. The van der Waals surface area contributed by atoms with E-state index >= 15 is 0 Å². The standard InChI is InChI=1S/C12H14O4S2/c1-5-17(13,14)11-8-7-9(3)12(10(11)4)18(15,16)6-2/h5-8H,1-2H2,3-4H3. The van der Waals surface area contributed by atoms with Crippen LogP contribution < -0.4 is 0 Å². The predicted molar refractivity (Wildman–Crippen MR) is 70.7 cm³/mol. The van der Waals surface area contributed by atoms with Crippen molar-refractivity contribution in [1.29, 1.82) is 0 Å². The third-order valence-electron chi connectivity index (χ3n) is 2.58. The first-order valence-corrected chi connectivity index (χ1v) is 8.12. The summed E-state index contributed by atoms with van der Waals surface area (Å²) < 4.78 is 47.3. The molecule has 0 spiro atoms. The van der Waals surface area contributed by atoms with E-state index in [1.807, 2.05) is 0 Å². The zero-order chi connectivity index (χ0) is 14.1. The van der Waals surface area contributed by atoms with Gasteiger partial charge in [0, 0.05) is 10.8 Å². The monoisotopic (exact) mass is 286 g/mol. The maximum Gasteiger partial charge on any atom is 0.199 e. The van der Waals surface area contributed by atoms with E-state index in [4.69, 9.17) is 0 Å². The molecule has 0 bridgehead atoms. The van der Waals surface area contributed by atoms with Gasteiger partial charge in [-0.15, -0.1) is 0 Å². The number of sulfone groups is 2. The van der Waals surface area contributed by atoms with Gasteiger partial charge >= 0.3 is 0 Å². The zero-order valence-electron chi connectivity index (χ0n) is 10.2. The van der Waals surface area contributed by atoms with E-state index < -0.39 is 19.7 Å². The van der Waals surface area contributed by atoms with Crippen molar-refractivity contribution in [2.45, 2.75) is 23.6 Å². The van der Waals surface area contributed by atoms with Crippen LogP contribution in [0.1, 0.15) is 11.1 Å². The SMILES string of the molecule is C=CS(=O)(=O)c1ccc(C)c(S(=O)(=O)C=C)c1C. The van der Waals surface area contributed by atoms with Gasteiger partial charge in [-0.25, -0.2) is 16.8 Å². The third kappa shape index (κ3) is 2.39. The van der Waals surface area contributed by atoms with Gasteiger partial charge in [0.25, 0.3) is 0 Å². The molecule has 6 heteroatoms. The second kappa shape index (κ2) is 4.70. The van der Waals surface area contributed by atoms with Crippen LogP contribution in [0.3, 0.4) is 0 Å². The summed E-state index contributed by atoms with van der Waals surface area (Å²) in [5.74, 6) is 0. The average molecular weight is 286 g/mol. The zero-order valence-corrected chi connectivity index (χ0v) is 11.8. The molecule has 18 heavy (non-hydrogen) atoms. The Kier molecular flexibility index (Phi) is 3.83. The fraction of sp³-hybridized carbons (Fsp3) is 0.167. The molecular weight excluding hydrogens is 272 g/mol. The summed E-state index contributed by atoms with van der Waals surface area (Å²) in [7, 11) is -7.36. The van der Waals surface area contributed by atoms with Gasteiger partial charge in [-0.2, -0.15) is 0 Å². The lowest BCUT2D eigenvalue weighted by Crippen LogP contribution is -2.07. The van der Waals surface area contributed by atoms with Crippen molar-refractivity contribution in [2.24, 2.45) is 0 Å². The maximum absolute atomic E-state index is 11.9. The van der Waals surface area contributed by atoms with Crippen molar-refractivity contribution in [1.82, 2.24) is 0 Å². The molecule has 1 aromatic carbocycles. The van der Waals surface area contributed by atoms with Crippen molar-refractivity contribution in [3.8, 4) is 0 Å². The molecular formula is C12H14O4S2. The van der Waals surface area contributed by atoms with Gasteiger partial charge in [0.2, 0.25) is 0 Å². The van der Waals surface area contributed by atoms with Crippen molar-refractivity contribution >= 4 is 19.7 Å². The van der Waals surface area contributed by atoms with Crippen LogP contribution in [0, 0.1) is 13.8 Å². The predicted octanol–water partition coefficient (Wildman–Crippen LogP) is 2.14. The van der Waals surface area contributed by atoms with E-state index in [0.717, 1.165) is 10.8 Å². The molecule has 0 atom stereocenters. The lowest BCUT2D eigenvalue weighted by Gasteiger charge is -2.11. The Hall–Kier alpha value is -1.40. The Bertz CT molecular complexity index is 711. The summed E-state index contributed by atoms with van der Waals surface area (Å²) in [6.45, 7) is 9.54. The Morgan fingerprint density at radius 3 is 1.89 bits per heavy atom. The Morgan fingerprint density at radius 2 is 1.44 bits per heavy atom. The molecule has 0 aliphatic heterocycles. The minimum atomic E-state index is -3.69. The van der Waals surface area contributed by atoms with Crippen LogP contribution in [0.15, 0.2) is 45.9 Å². The van der Waals surface area contributed by atoms with Crippen LogP contribution in [0.5, 0.6) is 0 Å². The highest BCUT2D eigenvalue weighted by atomic mass is 32.2. The van der Waals surface area contributed by atoms with Gasteiger partial charge in [0.15, 0.2) is 19.7 Å². The third-order valence-corrected chi connectivity index (χ3v) is 5.71. The molecule has 0 N–H and O–H groups in total. The molecule has 0 heterocycles. The normalized spacial score (nSPS) is 12.1. The van der Waals surface area contributed by atoms with E-state index in [0.29, 0.717) is 5.56 Å². The molecule has 0 fully saturated rings. The minimum absolute atomic E-state index is 0.0135. The summed E-state index contributed by atoms with van der Waals surface area (Å²) in [6.07, 6.45) is 0. The number of aryl methyl sites for hydroxylation is 1. The maximum atomic E-state index is 11.9. The highest BCUT2D eigenvalue weighted by Gasteiger charge is 2.22. The van der Waals surface area contributed by atoms with Crippen LogP contribution in [-0.2, 0) is 19.7 Å². The largest absolute Gasteiger partial charge is 0.219 e. The highest BCUT2D eigenvalue weighted by Crippen LogP contribution is 2.28. The molecule has 0 aliphatic rings. The molecule has 1 rings (SSSR count). The summed E-state index contributed by atoms with van der Waals surface area (Å²) in [4.78, 5) is -0.0658. The van der Waals surface area contributed by atoms with Gasteiger partial charge in [-0.3, -0.25) is 0 Å². The van der Waals surface area contributed by atoms with E-state index in [9.17, 15) is 16.8 Å². The van der Waals surface area contributed by atoms with Gasteiger partial charge in [0.1, 0.15) is 0 Å². The van der Waals surface area contributed by atoms with Gasteiger partial charge < -0.3 is 0 Å². The van der Waals surface area contributed by atoms with Crippen LogP contribution in [0.4, 0.5) is 0 Å². The first-order chi connectivity index (χ1) is 8.17. The van der Waals surface area contributed by atoms with Crippen LogP contribution >= 0.6 is 0 Å². The Labute approximate surface area is 107 Å².